The third-order valence-electron chi connectivity index (χ3n) is 4.33. The smallest absolute Gasteiger partial charge is 0.239 e. The van der Waals surface area contributed by atoms with Crippen molar-refractivity contribution in [1.82, 2.24) is 4.90 Å². The van der Waals surface area contributed by atoms with Gasteiger partial charge in [0.2, 0.25) is 5.91 Å². The molecule has 0 saturated heterocycles. The molecule has 5 nitrogen and oxygen atoms in total. The molecule has 0 atom stereocenters. The Kier molecular flexibility index (Phi) is 5.37. The van der Waals surface area contributed by atoms with E-state index in [4.69, 9.17) is 4.74 Å². The molecule has 6 heteroatoms. The van der Waals surface area contributed by atoms with Gasteiger partial charge in [-0.2, -0.15) is 5.26 Å². The van der Waals surface area contributed by atoms with E-state index in [2.05, 4.69) is 11.4 Å². The lowest BCUT2D eigenvalue weighted by molar-refractivity contribution is -0.117. The highest BCUT2D eigenvalue weighted by Gasteiger charge is 2.23. The largest absolute Gasteiger partial charge is 0.496 e. The Morgan fingerprint density at radius 1 is 1.40 bits per heavy atom. The number of nitrogens with zero attached hydrogens (tertiary/aromatic N) is 2. The van der Waals surface area contributed by atoms with Gasteiger partial charge >= 0.3 is 0 Å². The number of nitriles is 1. The van der Waals surface area contributed by atoms with Gasteiger partial charge in [-0.1, -0.05) is 18.2 Å². The maximum Gasteiger partial charge on any atom is 0.239 e. The van der Waals surface area contributed by atoms with E-state index in [9.17, 15) is 10.1 Å². The minimum Gasteiger partial charge on any atom is -0.496 e. The molecule has 1 heterocycles. The predicted molar refractivity (Wildman–Crippen MR) is 99.0 cm³/mol. The second-order valence-corrected chi connectivity index (χ2v) is 7.31. The maximum absolute atomic E-state index is 12.4. The summed E-state index contributed by atoms with van der Waals surface area (Å²) in [5.41, 5.74) is 2.82. The van der Waals surface area contributed by atoms with Crippen molar-refractivity contribution in [2.75, 3.05) is 26.0 Å². The average molecular weight is 355 g/mol. The number of hydrogen-bond acceptors (Lipinski definition) is 5. The molecule has 0 bridgehead atoms. The molecule has 1 aromatic carbocycles. The van der Waals surface area contributed by atoms with Crippen molar-refractivity contribution >= 4 is 22.2 Å². The minimum absolute atomic E-state index is 0.103. The molecule has 1 amide bonds. The van der Waals surface area contributed by atoms with Gasteiger partial charge in [0, 0.05) is 17.0 Å². The fourth-order valence-corrected chi connectivity index (χ4v) is 4.46. The highest BCUT2D eigenvalue weighted by molar-refractivity contribution is 7.16. The molecule has 0 unspecified atom stereocenters. The maximum atomic E-state index is 12.4. The van der Waals surface area contributed by atoms with Crippen molar-refractivity contribution in [2.45, 2.75) is 25.8 Å². The quantitative estimate of drug-likeness (QED) is 0.864. The summed E-state index contributed by atoms with van der Waals surface area (Å²) < 4.78 is 5.35. The number of carbonyl (C=O) groups is 1. The number of anilines is 1. The standard InChI is InChI=1S/C19H21N3O2S/c1-22(11-13-6-3-4-8-16(13)24-2)12-18(23)21-19-15(10-20)14-7-5-9-17(14)25-19/h3-4,6,8H,5,7,9,11-12H2,1-2H3,(H,21,23). The van der Waals surface area contributed by atoms with E-state index >= 15 is 0 Å². The molecule has 0 aliphatic heterocycles. The lowest BCUT2D eigenvalue weighted by Gasteiger charge is -2.17. The number of benzene rings is 1. The first-order chi connectivity index (χ1) is 12.1. The van der Waals surface area contributed by atoms with Crippen LogP contribution in [-0.4, -0.2) is 31.5 Å². The first-order valence-electron chi connectivity index (χ1n) is 8.27. The Balaban J connectivity index is 1.62. The van der Waals surface area contributed by atoms with Crippen molar-refractivity contribution < 1.29 is 9.53 Å². The summed E-state index contributed by atoms with van der Waals surface area (Å²) in [6.07, 6.45) is 3.06. The average Bonchev–Trinajstić information content (AvgIpc) is 3.15. The lowest BCUT2D eigenvalue weighted by Crippen LogP contribution is -2.29. The molecular weight excluding hydrogens is 334 g/mol. The lowest BCUT2D eigenvalue weighted by atomic mass is 10.1. The molecule has 130 valence electrons. The minimum atomic E-state index is -0.103. The molecule has 0 spiro atoms. The molecule has 0 radical (unpaired) electrons. The SMILES string of the molecule is COc1ccccc1CN(C)CC(=O)Nc1sc2c(c1C#N)CCC2. The molecule has 2 aromatic rings. The number of aryl methyl sites for hydroxylation is 1. The fraction of sp³-hybridized carbons (Fsp3) is 0.368. The summed E-state index contributed by atoms with van der Waals surface area (Å²) in [5.74, 6) is 0.713. The van der Waals surface area contributed by atoms with Gasteiger partial charge in [-0.15, -0.1) is 11.3 Å². The van der Waals surface area contributed by atoms with Crippen LogP contribution >= 0.6 is 11.3 Å². The highest BCUT2D eigenvalue weighted by atomic mass is 32.1. The number of ether oxygens (including phenoxy) is 1. The Bertz CT molecular complexity index is 823. The Hall–Kier alpha value is -2.36. The van der Waals surface area contributed by atoms with Gasteiger partial charge < -0.3 is 10.1 Å². The van der Waals surface area contributed by atoms with Crippen molar-refractivity contribution in [3.05, 3.63) is 45.8 Å². The van der Waals surface area contributed by atoms with Crippen LogP contribution in [0.1, 0.15) is 28.0 Å². The Morgan fingerprint density at radius 2 is 2.20 bits per heavy atom. The van der Waals surface area contributed by atoms with Gasteiger partial charge in [0.05, 0.1) is 19.2 Å². The van der Waals surface area contributed by atoms with E-state index in [1.807, 2.05) is 36.2 Å². The number of para-hydroxylation sites is 1. The van der Waals surface area contributed by atoms with Crippen LogP contribution in [0.25, 0.3) is 0 Å². The molecule has 25 heavy (non-hydrogen) atoms. The van der Waals surface area contributed by atoms with Crippen LogP contribution in [0, 0.1) is 11.3 Å². The Morgan fingerprint density at radius 3 is 2.96 bits per heavy atom. The van der Waals surface area contributed by atoms with Gasteiger partial charge in [-0.05, 0) is 37.9 Å². The first kappa shape index (κ1) is 17.5. The zero-order valence-electron chi connectivity index (χ0n) is 14.5. The van der Waals surface area contributed by atoms with Gasteiger partial charge in [-0.3, -0.25) is 9.69 Å². The fourth-order valence-electron chi connectivity index (χ4n) is 3.20. The van der Waals surface area contributed by atoms with E-state index in [-0.39, 0.29) is 12.5 Å². The van der Waals surface area contributed by atoms with Gasteiger partial charge in [0.25, 0.3) is 0 Å². The molecule has 1 aliphatic carbocycles. The molecular formula is C19H21N3O2S. The first-order valence-corrected chi connectivity index (χ1v) is 9.09. The molecule has 0 saturated carbocycles. The number of rotatable bonds is 6. The van der Waals surface area contributed by atoms with E-state index in [1.165, 1.54) is 4.88 Å². The summed E-state index contributed by atoms with van der Waals surface area (Å²) in [5, 5.41) is 13.0. The van der Waals surface area contributed by atoms with E-state index < -0.39 is 0 Å². The topological polar surface area (TPSA) is 65.4 Å². The van der Waals surface area contributed by atoms with Gasteiger partial charge in [-0.25, -0.2) is 0 Å². The highest BCUT2D eigenvalue weighted by Crippen LogP contribution is 2.38. The molecule has 1 N–H and O–H groups in total. The number of likely N-dealkylation sites (N-methyl/N-ethyl adjacent to an activating group) is 1. The number of thiophene rings is 1. The van der Waals surface area contributed by atoms with Crippen molar-refractivity contribution in [1.29, 1.82) is 5.26 Å². The third-order valence-corrected chi connectivity index (χ3v) is 5.54. The third kappa shape index (κ3) is 3.84. The van der Waals surface area contributed by atoms with Gasteiger partial charge in [0.1, 0.15) is 16.8 Å². The molecule has 1 aromatic heterocycles. The molecule has 1 aliphatic rings. The molecule has 3 rings (SSSR count). The van der Waals surface area contributed by atoms with Crippen LogP contribution in [0.2, 0.25) is 0 Å². The number of nitrogens with one attached hydrogen (secondary N) is 1. The van der Waals surface area contributed by atoms with Crippen molar-refractivity contribution in [2.24, 2.45) is 0 Å². The molecule has 0 fully saturated rings. The monoisotopic (exact) mass is 355 g/mol. The van der Waals surface area contributed by atoms with Gasteiger partial charge in [0.15, 0.2) is 0 Å². The van der Waals surface area contributed by atoms with E-state index in [1.54, 1.807) is 18.4 Å². The van der Waals surface area contributed by atoms with Crippen LogP contribution in [0.3, 0.4) is 0 Å². The van der Waals surface area contributed by atoms with E-state index in [0.29, 0.717) is 17.1 Å². The van der Waals surface area contributed by atoms with Crippen molar-refractivity contribution in [3.63, 3.8) is 0 Å². The summed E-state index contributed by atoms with van der Waals surface area (Å²) in [7, 11) is 3.54. The predicted octanol–water partition coefficient (Wildman–Crippen LogP) is 3.19. The zero-order valence-corrected chi connectivity index (χ0v) is 15.3. The van der Waals surface area contributed by atoms with Crippen LogP contribution in [-0.2, 0) is 24.2 Å². The number of methoxy groups -OCH3 is 1. The second kappa shape index (κ2) is 7.68. The number of hydrogen-bond donors (Lipinski definition) is 1. The number of carbonyl (C=O) groups excluding carboxylic acids is 1. The van der Waals surface area contributed by atoms with Crippen LogP contribution < -0.4 is 10.1 Å². The summed E-state index contributed by atoms with van der Waals surface area (Å²) in [6, 6.07) is 10.0. The summed E-state index contributed by atoms with van der Waals surface area (Å²) >= 11 is 1.55. The van der Waals surface area contributed by atoms with E-state index in [0.717, 1.165) is 36.1 Å². The summed E-state index contributed by atoms with van der Waals surface area (Å²) in [4.78, 5) is 15.6. The number of amides is 1. The van der Waals surface area contributed by atoms with Crippen molar-refractivity contribution in [3.8, 4) is 11.8 Å². The Labute approximate surface area is 151 Å². The zero-order chi connectivity index (χ0) is 17.8. The second-order valence-electron chi connectivity index (χ2n) is 6.21. The summed E-state index contributed by atoms with van der Waals surface area (Å²) in [6.45, 7) is 0.870. The number of fused-ring (bicyclic) bond motifs is 1. The van der Waals surface area contributed by atoms with Crippen LogP contribution in [0.4, 0.5) is 5.00 Å². The van der Waals surface area contributed by atoms with Crippen LogP contribution in [0.15, 0.2) is 24.3 Å². The normalized spacial score (nSPS) is 12.7. The van der Waals surface area contributed by atoms with Crippen LogP contribution in [0.5, 0.6) is 5.75 Å².